The lowest BCUT2D eigenvalue weighted by molar-refractivity contribution is 0.0600. The van der Waals surface area contributed by atoms with Crippen molar-refractivity contribution in [3.8, 4) is 0 Å². The van der Waals surface area contributed by atoms with Gasteiger partial charge in [-0.1, -0.05) is 13.8 Å². The lowest BCUT2D eigenvalue weighted by Crippen LogP contribution is -2.23. The molecule has 0 aliphatic heterocycles. The summed E-state index contributed by atoms with van der Waals surface area (Å²) in [7, 11) is 1.37. The molecule has 0 aliphatic carbocycles. The van der Waals surface area contributed by atoms with E-state index in [-0.39, 0.29) is 5.97 Å². The standard InChI is InChI=1S/C16H21N3O2/c1-12(2)17-10-15-5-4-8-19(15)11-14-7-6-13(9-18-14)16(20)21-3/h4-9,12,17H,10-11H2,1-3H3. The Labute approximate surface area is 125 Å². The van der Waals surface area contributed by atoms with Crippen LogP contribution in [-0.2, 0) is 17.8 Å². The second-order valence-electron chi connectivity index (χ2n) is 5.19. The summed E-state index contributed by atoms with van der Waals surface area (Å²) >= 11 is 0. The number of rotatable bonds is 6. The van der Waals surface area contributed by atoms with Crippen LogP contribution in [0, 0.1) is 0 Å². The normalized spacial score (nSPS) is 10.9. The number of hydrogen-bond donors (Lipinski definition) is 1. The maximum Gasteiger partial charge on any atom is 0.339 e. The number of carbonyl (C=O) groups excluding carboxylic acids is 1. The van der Waals surface area contributed by atoms with E-state index in [9.17, 15) is 4.79 Å². The van der Waals surface area contributed by atoms with Crippen LogP contribution < -0.4 is 5.32 Å². The first-order chi connectivity index (χ1) is 10.1. The Morgan fingerprint density at radius 3 is 2.81 bits per heavy atom. The first kappa shape index (κ1) is 15.3. The van der Waals surface area contributed by atoms with Crippen LogP contribution in [0.1, 0.15) is 35.6 Å². The average molecular weight is 287 g/mol. The molecule has 112 valence electrons. The van der Waals surface area contributed by atoms with Crippen LogP contribution in [0.25, 0.3) is 0 Å². The summed E-state index contributed by atoms with van der Waals surface area (Å²) in [5.41, 5.74) is 2.59. The van der Waals surface area contributed by atoms with Crippen LogP contribution in [0.5, 0.6) is 0 Å². The molecule has 2 aromatic heterocycles. The van der Waals surface area contributed by atoms with E-state index in [1.807, 2.05) is 18.3 Å². The number of hydrogen-bond acceptors (Lipinski definition) is 4. The maximum absolute atomic E-state index is 11.4. The number of aromatic nitrogens is 2. The predicted octanol–water partition coefficient (Wildman–Crippen LogP) is 2.22. The van der Waals surface area contributed by atoms with Crippen molar-refractivity contribution in [1.29, 1.82) is 0 Å². The minimum atomic E-state index is -0.364. The Morgan fingerprint density at radius 2 is 2.19 bits per heavy atom. The zero-order chi connectivity index (χ0) is 15.2. The van der Waals surface area contributed by atoms with Gasteiger partial charge in [-0.3, -0.25) is 4.98 Å². The third-order valence-electron chi connectivity index (χ3n) is 3.19. The molecule has 0 spiro atoms. The SMILES string of the molecule is COC(=O)c1ccc(Cn2cccc2CNC(C)C)nc1. The van der Waals surface area contributed by atoms with Gasteiger partial charge in [0.25, 0.3) is 0 Å². The van der Waals surface area contributed by atoms with Crippen molar-refractivity contribution in [2.45, 2.75) is 33.0 Å². The van der Waals surface area contributed by atoms with Crippen LogP contribution in [0.3, 0.4) is 0 Å². The van der Waals surface area contributed by atoms with Gasteiger partial charge in [0, 0.05) is 30.7 Å². The van der Waals surface area contributed by atoms with E-state index in [4.69, 9.17) is 0 Å². The summed E-state index contributed by atoms with van der Waals surface area (Å²) in [5, 5.41) is 3.40. The molecule has 0 bridgehead atoms. The molecule has 0 saturated carbocycles. The molecule has 0 fully saturated rings. The Bertz CT molecular complexity index is 588. The molecular weight excluding hydrogens is 266 g/mol. The smallest absolute Gasteiger partial charge is 0.339 e. The summed E-state index contributed by atoms with van der Waals surface area (Å²) in [6, 6.07) is 8.17. The van der Waals surface area contributed by atoms with Gasteiger partial charge in [0.15, 0.2) is 0 Å². The van der Waals surface area contributed by atoms with Gasteiger partial charge in [0.1, 0.15) is 0 Å². The molecule has 0 radical (unpaired) electrons. The summed E-state index contributed by atoms with van der Waals surface area (Å²) in [4.78, 5) is 15.7. The molecule has 21 heavy (non-hydrogen) atoms. The quantitative estimate of drug-likeness (QED) is 0.828. The second-order valence-corrected chi connectivity index (χ2v) is 5.19. The molecule has 0 unspecified atom stereocenters. The maximum atomic E-state index is 11.4. The zero-order valence-corrected chi connectivity index (χ0v) is 12.7. The molecule has 0 atom stereocenters. The summed E-state index contributed by atoms with van der Waals surface area (Å²) in [6.07, 6.45) is 3.59. The van der Waals surface area contributed by atoms with Gasteiger partial charge in [-0.15, -0.1) is 0 Å². The lowest BCUT2D eigenvalue weighted by atomic mass is 10.2. The van der Waals surface area contributed by atoms with Crippen molar-refractivity contribution in [2.75, 3.05) is 7.11 Å². The largest absolute Gasteiger partial charge is 0.465 e. The number of pyridine rings is 1. The first-order valence-corrected chi connectivity index (χ1v) is 7.01. The molecule has 0 amide bonds. The fourth-order valence-corrected chi connectivity index (χ4v) is 2.00. The van der Waals surface area contributed by atoms with Crippen LogP contribution in [0.2, 0.25) is 0 Å². The second kappa shape index (κ2) is 7.04. The molecule has 2 rings (SSSR count). The van der Waals surface area contributed by atoms with Gasteiger partial charge >= 0.3 is 5.97 Å². The molecule has 2 aromatic rings. The van der Waals surface area contributed by atoms with E-state index in [1.165, 1.54) is 12.8 Å². The summed E-state index contributed by atoms with van der Waals surface area (Å²) in [6.45, 7) is 5.76. The van der Waals surface area contributed by atoms with Crippen molar-refractivity contribution in [1.82, 2.24) is 14.9 Å². The van der Waals surface area contributed by atoms with E-state index < -0.39 is 0 Å². The zero-order valence-electron chi connectivity index (χ0n) is 12.7. The van der Waals surface area contributed by atoms with Crippen molar-refractivity contribution >= 4 is 5.97 Å². The number of carbonyl (C=O) groups is 1. The van der Waals surface area contributed by atoms with Gasteiger partial charge in [-0.05, 0) is 24.3 Å². The molecule has 5 nitrogen and oxygen atoms in total. The van der Waals surface area contributed by atoms with Gasteiger partial charge in [0.2, 0.25) is 0 Å². The Morgan fingerprint density at radius 1 is 1.38 bits per heavy atom. The molecule has 5 heteroatoms. The lowest BCUT2D eigenvalue weighted by Gasteiger charge is -2.12. The topological polar surface area (TPSA) is 56.1 Å². The highest BCUT2D eigenvalue weighted by molar-refractivity contribution is 5.88. The average Bonchev–Trinajstić information content (AvgIpc) is 2.92. The third kappa shape index (κ3) is 4.16. The van der Waals surface area contributed by atoms with E-state index >= 15 is 0 Å². The third-order valence-corrected chi connectivity index (χ3v) is 3.19. The number of methoxy groups -OCH3 is 1. The minimum absolute atomic E-state index is 0.364. The molecular formula is C16H21N3O2. The first-order valence-electron chi connectivity index (χ1n) is 7.01. The summed E-state index contributed by atoms with van der Waals surface area (Å²) in [5.74, 6) is -0.364. The summed E-state index contributed by atoms with van der Waals surface area (Å²) < 4.78 is 6.81. The molecule has 0 aromatic carbocycles. The highest BCUT2D eigenvalue weighted by atomic mass is 16.5. The van der Waals surface area contributed by atoms with Crippen molar-refractivity contribution in [3.63, 3.8) is 0 Å². The fraction of sp³-hybridized carbons (Fsp3) is 0.375. The Kier molecular flexibility index (Phi) is 5.11. The van der Waals surface area contributed by atoms with E-state index in [0.717, 1.165) is 12.2 Å². The highest BCUT2D eigenvalue weighted by Crippen LogP contribution is 2.08. The molecule has 2 heterocycles. The number of esters is 1. The van der Waals surface area contributed by atoms with Crippen LogP contribution >= 0.6 is 0 Å². The number of ether oxygens (including phenoxy) is 1. The van der Waals surface area contributed by atoms with Gasteiger partial charge in [-0.2, -0.15) is 0 Å². The van der Waals surface area contributed by atoms with Crippen molar-refractivity contribution < 1.29 is 9.53 Å². The molecule has 0 saturated heterocycles. The van der Waals surface area contributed by atoms with Crippen molar-refractivity contribution in [3.05, 3.63) is 53.6 Å². The number of nitrogens with zero attached hydrogens (tertiary/aromatic N) is 2. The highest BCUT2D eigenvalue weighted by Gasteiger charge is 2.07. The fourth-order valence-electron chi connectivity index (χ4n) is 2.00. The number of nitrogens with one attached hydrogen (secondary N) is 1. The van der Waals surface area contributed by atoms with Gasteiger partial charge in [0.05, 0.1) is 24.9 Å². The Balaban J connectivity index is 2.05. The van der Waals surface area contributed by atoms with Gasteiger partial charge < -0.3 is 14.6 Å². The predicted molar refractivity (Wildman–Crippen MR) is 81.1 cm³/mol. The minimum Gasteiger partial charge on any atom is -0.465 e. The van der Waals surface area contributed by atoms with E-state index in [2.05, 4.69) is 39.5 Å². The van der Waals surface area contributed by atoms with Crippen LogP contribution in [0.15, 0.2) is 36.7 Å². The van der Waals surface area contributed by atoms with Gasteiger partial charge in [-0.25, -0.2) is 4.79 Å². The Hall–Kier alpha value is -2.14. The molecule has 0 aliphatic rings. The van der Waals surface area contributed by atoms with Crippen molar-refractivity contribution in [2.24, 2.45) is 0 Å². The molecule has 1 N–H and O–H groups in total. The van der Waals surface area contributed by atoms with Crippen LogP contribution in [-0.4, -0.2) is 28.7 Å². The monoisotopic (exact) mass is 287 g/mol. The van der Waals surface area contributed by atoms with E-state index in [1.54, 1.807) is 12.3 Å². The van der Waals surface area contributed by atoms with E-state index in [0.29, 0.717) is 18.2 Å². The van der Waals surface area contributed by atoms with Crippen LogP contribution in [0.4, 0.5) is 0 Å².